The molecule has 1 aromatic rings. The van der Waals surface area contributed by atoms with Gasteiger partial charge in [0.1, 0.15) is 0 Å². The van der Waals surface area contributed by atoms with Crippen LogP contribution in [0, 0.1) is 0 Å². The summed E-state index contributed by atoms with van der Waals surface area (Å²) < 4.78 is 46.1. The molecule has 0 aliphatic carbocycles. The topological polar surface area (TPSA) is 123 Å². The molecule has 0 bridgehead atoms. The van der Waals surface area contributed by atoms with E-state index in [-0.39, 0.29) is 18.1 Å². The third-order valence-corrected chi connectivity index (χ3v) is 5.55. The standard InChI is InChI=1S/C9H13ClN2O6S2/c1-2-4-19(15,16)5-3-12-6-7(20(10,17)18)8(13)11-9(12)14/h6H,2-5H2,1H3,(H,11,13,14). The Hall–Kier alpha value is -1.13. The van der Waals surface area contributed by atoms with Crippen LogP contribution in [0.4, 0.5) is 0 Å². The van der Waals surface area contributed by atoms with Crippen molar-refractivity contribution in [1.29, 1.82) is 0 Å². The minimum absolute atomic E-state index is 0.0359. The van der Waals surface area contributed by atoms with Crippen molar-refractivity contribution in [3.63, 3.8) is 0 Å². The Balaban J connectivity index is 3.16. The summed E-state index contributed by atoms with van der Waals surface area (Å²) in [7, 11) is -2.61. The first-order valence-electron chi connectivity index (χ1n) is 5.55. The first-order chi connectivity index (χ1) is 9.07. The van der Waals surface area contributed by atoms with Crippen molar-refractivity contribution in [2.24, 2.45) is 0 Å². The zero-order valence-electron chi connectivity index (χ0n) is 10.5. The van der Waals surface area contributed by atoms with Crippen LogP contribution in [-0.4, -0.2) is 37.9 Å². The maximum absolute atomic E-state index is 11.5. The molecule has 0 saturated carbocycles. The van der Waals surface area contributed by atoms with E-state index in [9.17, 15) is 26.4 Å². The number of hydrogen-bond acceptors (Lipinski definition) is 6. The Bertz CT molecular complexity index is 806. The number of rotatable bonds is 6. The van der Waals surface area contributed by atoms with Crippen LogP contribution in [0.2, 0.25) is 0 Å². The molecule has 20 heavy (non-hydrogen) atoms. The van der Waals surface area contributed by atoms with Gasteiger partial charge in [-0.2, -0.15) is 0 Å². The Morgan fingerprint density at radius 3 is 2.30 bits per heavy atom. The van der Waals surface area contributed by atoms with E-state index in [0.717, 1.165) is 10.8 Å². The summed E-state index contributed by atoms with van der Waals surface area (Å²) in [4.78, 5) is 23.7. The molecule has 0 saturated heterocycles. The number of aryl methyl sites for hydroxylation is 1. The fourth-order valence-corrected chi connectivity index (χ4v) is 3.64. The van der Waals surface area contributed by atoms with E-state index in [1.807, 2.05) is 0 Å². The second kappa shape index (κ2) is 6.10. The predicted octanol–water partition coefficient (Wildman–Crippen LogP) is -0.711. The molecule has 0 unspecified atom stereocenters. The SMILES string of the molecule is CCCS(=O)(=O)CCn1cc(S(=O)(=O)Cl)c(=O)[nH]c1=O. The average Bonchev–Trinajstić information content (AvgIpc) is 2.25. The number of aromatic nitrogens is 2. The van der Waals surface area contributed by atoms with Crippen molar-refractivity contribution in [3.05, 3.63) is 27.0 Å². The molecule has 0 aliphatic rings. The predicted molar refractivity (Wildman–Crippen MR) is 73.3 cm³/mol. The molecule has 0 fully saturated rings. The van der Waals surface area contributed by atoms with E-state index in [4.69, 9.17) is 10.7 Å². The van der Waals surface area contributed by atoms with Gasteiger partial charge in [-0.15, -0.1) is 0 Å². The second-order valence-electron chi connectivity index (χ2n) is 4.04. The number of halogens is 1. The molecule has 8 nitrogen and oxygen atoms in total. The highest BCUT2D eigenvalue weighted by Gasteiger charge is 2.18. The van der Waals surface area contributed by atoms with Gasteiger partial charge in [-0.05, 0) is 6.42 Å². The minimum atomic E-state index is -4.32. The lowest BCUT2D eigenvalue weighted by Crippen LogP contribution is -2.33. The highest BCUT2D eigenvalue weighted by atomic mass is 35.7. The normalized spacial score (nSPS) is 12.5. The Morgan fingerprint density at radius 1 is 1.20 bits per heavy atom. The molecule has 0 aromatic carbocycles. The van der Waals surface area contributed by atoms with Crippen LogP contribution in [0.5, 0.6) is 0 Å². The maximum Gasteiger partial charge on any atom is 0.328 e. The third-order valence-electron chi connectivity index (χ3n) is 2.40. The number of H-pyrrole nitrogens is 1. The molecular formula is C9H13ClN2O6S2. The van der Waals surface area contributed by atoms with Crippen molar-refractivity contribution in [1.82, 2.24) is 9.55 Å². The van der Waals surface area contributed by atoms with Crippen LogP contribution in [0.15, 0.2) is 20.7 Å². The van der Waals surface area contributed by atoms with Gasteiger partial charge in [-0.25, -0.2) is 21.6 Å². The van der Waals surface area contributed by atoms with Crippen LogP contribution in [0.25, 0.3) is 0 Å². The van der Waals surface area contributed by atoms with E-state index in [1.54, 1.807) is 11.9 Å². The summed E-state index contributed by atoms with van der Waals surface area (Å²) in [6, 6.07) is 0. The van der Waals surface area contributed by atoms with E-state index in [0.29, 0.717) is 6.42 Å². The Morgan fingerprint density at radius 2 is 1.80 bits per heavy atom. The molecule has 11 heteroatoms. The number of nitrogens with one attached hydrogen (secondary N) is 1. The van der Waals surface area contributed by atoms with Crippen molar-refractivity contribution >= 4 is 29.6 Å². The van der Waals surface area contributed by atoms with E-state index >= 15 is 0 Å². The number of sulfone groups is 1. The molecule has 0 radical (unpaired) electrons. The number of hydrogen-bond donors (Lipinski definition) is 1. The molecule has 0 spiro atoms. The third kappa shape index (κ3) is 4.46. The second-order valence-corrected chi connectivity index (χ2v) is 8.87. The molecule has 1 aromatic heterocycles. The largest absolute Gasteiger partial charge is 0.328 e. The smallest absolute Gasteiger partial charge is 0.298 e. The minimum Gasteiger partial charge on any atom is -0.298 e. The van der Waals surface area contributed by atoms with Gasteiger partial charge in [0.05, 0.1) is 5.75 Å². The summed E-state index contributed by atoms with van der Waals surface area (Å²) in [6.45, 7) is 1.43. The average molecular weight is 345 g/mol. The van der Waals surface area contributed by atoms with Crippen molar-refractivity contribution < 1.29 is 16.8 Å². The van der Waals surface area contributed by atoms with E-state index in [2.05, 4.69) is 0 Å². The zero-order valence-corrected chi connectivity index (χ0v) is 12.9. The van der Waals surface area contributed by atoms with Crippen LogP contribution in [0.3, 0.4) is 0 Å². The van der Waals surface area contributed by atoms with Gasteiger partial charge in [-0.3, -0.25) is 14.3 Å². The highest BCUT2D eigenvalue weighted by Crippen LogP contribution is 2.07. The van der Waals surface area contributed by atoms with Gasteiger partial charge >= 0.3 is 5.69 Å². The number of aromatic amines is 1. The summed E-state index contributed by atoms with van der Waals surface area (Å²) in [5.74, 6) is -0.375. The van der Waals surface area contributed by atoms with Gasteiger partial charge in [0.25, 0.3) is 14.6 Å². The maximum atomic E-state index is 11.5. The van der Waals surface area contributed by atoms with Crippen molar-refractivity contribution in [2.45, 2.75) is 24.8 Å². The van der Waals surface area contributed by atoms with Crippen LogP contribution < -0.4 is 11.2 Å². The molecule has 0 aliphatic heterocycles. The highest BCUT2D eigenvalue weighted by molar-refractivity contribution is 8.13. The Labute approximate surface area is 119 Å². The van der Waals surface area contributed by atoms with Gasteiger partial charge in [-0.1, -0.05) is 6.92 Å². The molecule has 1 rings (SSSR count). The molecule has 0 atom stereocenters. The Kier molecular flexibility index (Phi) is 5.16. The molecule has 0 amide bonds. The summed E-state index contributed by atoms with van der Waals surface area (Å²) in [5.41, 5.74) is -2.04. The lowest BCUT2D eigenvalue weighted by atomic mass is 10.6. The monoisotopic (exact) mass is 344 g/mol. The first-order valence-corrected chi connectivity index (χ1v) is 9.69. The van der Waals surface area contributed by atoms with Gasteiger partial charge in [0.2, 0.25) is 0 Å². The molecule has 1 heterocycles. The number of nitrogens with zero attached hydrogens (tertiary/aromatic N) is 1. The van der Waals surface area contributed by atoms with E-state index < -0.39 is 35.0 Å². The zero-order chi connectivity index (χ0) is 15.6. The fraction of sp³-hybridized carbons (Fsp3) is 0.556. The summed E-state index contributed by atoms with van der Waals surface area (Å²) in [6.07, 6.45) is 1.18. The lowest BCUT2D eigenvalue weighted by molar-refractivity contribution is 0.581. The summed E-state index contributed by atoms with van der Waals surface area (Å²) >= 11 is 0. The van der Waals surface area contributed by atoms with Gasteiger partial charge in [0, 0.05) is 29.2 Å². The van der Waals surface area contributed by atoms with Gasteiger partial charge in [0.15, 0.2) is 14.7 Å². The quantitative estimate of drug-likeness (QED) is 0.680. The van der Waals surface area contributed by atoms with Crippen molar-refractivity contribution in [2.75, 3.05) is 11.5 Å². The van der Waals surface area contributed by atoms with Crippen LogP contribution in [-0.2, 0) is 25.4 Å². The fourth-order valence-electron chi connectivity index (χ4n) is 1.48. The molecular weight excluding hydrogens is 332 g/mol. The first kappa shape index (κ1) is 16.9. The van der Waals surface area contributed by atoms with Crippen LogP contribution >= 0.6 is 10.7 Å². The lowest BCUT2D eigenvalue weighted by Gasteiger charge is -2.06. The van der Waals surface area contributed by atoms with Gasteiger partial charge < -0.3 is 0 Å². The molecule has 1 N–H and O–H groups in total. The summed E-state index contributed by atoms with van der Waals surface area (Å²) in [5, 5.41) is 0. The van der Waals surface area contributed by atoms with E-state index in [1.165, 1.54) is 0 Å². The molecule has 114 valence electrons. The van der Waals surface area contributed by atoms with Crippen molar-refractivity contribution in [3.8, 4) is 0 Å². The van der Waals surface area contributed by atoms with Crippen LogP contribution in [0.1, 0.15) is 13.3 Å².